The molecule has 0 atom stereocenters. The lowest BCUT2D eigenvalue weighted by Crippen LogP contribution is -2.01. The lowest BCUT2D eigenvalue weighted by Gasteiger charge is -2.13. The summed E-state index contributed by atoms with van der Waals surface area (Å²) in [6.07, 6.45) is 7.60. The Kier molecular flexibility index (Phi) is 6.89. The third kappa shape index (κ3) is 4.17. The summed E-state index contributed by atoms with van der Waals surface area (Å²) in [6.45, 7) is 5.04. The van der Waals surface area contributed by atoms with E-state index in [1.165, 1.54) is 43.8 Å². The molecule has 3 nitrogen and oxygen atoms in total. The molecule has 0 unspecified atom stereocenters. The number of ether oxygens (including phenoxy) is 1. The molecule has 0 spiro atoms. The van der Waals surface area contributed by atoms with Crippen LogP contribution in [0.3, 0.4) is 0 Å². The molecule has 0 bridgehead atoms. The van der Waals surface area contributed by atoms with Crippen molar-refractivity contribution in [1.29, 1.82) is 0 Å². The number of halogens is 2. The predicted octanol–water partition coefficient (Wildman–Crippen LogP) is 6.26. The minimum atomic E-state index is 0.751. The molecule has 0 saturated carbocycles. The number of benzene rings is 1. The van der Waals surface area contributed by atoms with Gasteiger partial charge >= 0.3 is 0 Å². The van der Waals surface area contributed by atoms with Gasteiger partial charge in [0.15, 0.2) is 0 Å². The standard InChI is InChI=1S/C15H20Br2N2OS/c1-3-4-5-6-7-8-9-20-15-10(2)11(16)13-14(12(15)17)19-21-18-13/h3-9H2,1-2H3. The van der Waals surface area contributed by atoms with Crippen LogP contribution in [0.15, 0.2) is 8.95 Å². The third-order valence-electron chi connectivity index (χ3n) is 3.52. The van der Waals surface area contributed by atoms with E-state index in [2.05, 4.69) is 47.5 Å². The molecule has 0 radical (unpaired) electrons. The molecule has 0 aliphatic heterocycles. The van der Waals surface area contributed by atoms with Crippen LogP contribution in [0.5, 0.6) is 5.75 Å². The van der Waals surface area contributed by atoms with Crippen molar-refractivity contribution in [2.75, 3.05) is 6.61 Å². The first kappa shape index (κ1) is 17.2. The van der Waals surface area contributed by atoms with Gasteiger partial charge in [0.1, 0.15) is 16.8 Å². The average molecular weight is 436 g/mol. The van der Waals surface area contributed by atoms with Gasteiger partial charge in [-0.2, -0.15) is 8.75 Å². The van der Waals surface area contributed by atoms with Crippen LogP contribution >= 0.6 is 43.6 Å². The Morgan fingerprint density at radius 1 is 0.952 bits per heavy atom. The maximum absolute atomic E-state index is 5.99. The van der Waals surface area contributed by atoms with Gasteiger partial charge in [0.2, 0.25) is 0 Å². The molecule has 1 heterocycles. The summed E-state index contributed by atoms with van der Waals surface area (Å²) < 4.78 is 16.5. The molecule has 1 aromatic carbocycles. The molecule has 0 saturated heterocycles. The maximum atomic E-state index is 5.99. The number of fused-ring (bicyclic) bond motifs is 1. The first-order valence-corrected chi connectivity index (χ1v) is 9.71. The van der Waals surface area contributed by atoms with E-state index in [0.717, 1.165) is 44.3 Å². The van der Waals surface area contributed by atoms with Crippen molar-refractivity contribution >= 4 is 54.6 Å². The molecule has 1 aromatic heterocycles. The first-order valence-electron chi connectivity index (χ1n) is 7.39. The fourth-order valence-electron chi connectivity index (χ4n) is 2.25. The van der Waals surface area contributed by atoms with Gasteiger partial charge in [-0.05, 0) is 45.2 Å². The fraction of sp³-hybridized carbons (Fsp3) is 0.600. The van der Waals surface area contributed by atoms with Crippen LogP contribution in [-0.2, 0) is 0 Å². The minimum absolute atomic E-state index is 0.751. The number of rotatable bonds is 8. The number of unbranched alkanes of at least 4 members (excludes halogenated alkanes) is 5. The second-order valence-corrected chi connectivity index (χ2v) is 7.27. The largest absolute Gasteiger partial charge is 0.492 e. The summed E-state index contributed by atoms with van der Waals surface area (Å²) in [5, 5.41) is 0. The molecule has 21 heavy (non-hydrogen) atoms. The Labute approximate surface area is 147 Å². The number of hydrogen-bond acceptors (Lipinski definition) is 4. The van der Waals surface area contributed by atoms with Crippen LogP contribution in [-0.4, -0.2) is 15.4 Å². The Hall–Kier alpha value is -0.200. The van der Waals surface area contributed by atoms with Crippen LogP contribution in [0, 0.1) is 6.92 Å². The van der Waals surface area contributed by atoms with E-state index in [1.807, 2.05) is 6.92 Å². The summed E-state index contributed by atoms with van der Waals surface area (Å²) in [7, 11) is 0. The lowest BCUT2D eigenvalue weighted by molar-refractivity contribution is 0.301. The summed E-state index contributed by atoms with van der Waals surface area (Å²) in [4.78, 5) is 0. The molecule has 0 amide bonds. The number of nitrogens with zero attached hydrogens (tertiary/aromatic N) is 2. The van der Waals surface area contributed by atoms with Gasteiger partial charge in [0.05, 0.1) is 27.3 Å². The van der Waals surface area contributed by atoms with Crippen molar-refractivity contribution in [2.24, 2.45) is 0 Å². The summed E-state index contributed by atoms with van der Waals surface area (Å²) >= 11 is 8.43. The number of aromatic nitrogens is 2. The highest BCUT2D eigenvalue weighted by Crippen LogP contribution is 2.41. The van der Waals surface area contributed by atoms with Crippen LogP contribution in [0.25, 0.3) is 11.0 Å². The van der Waals surface area contributed by atoms with Gasteiger partial charge in [-0.25, -0.2) is 0 Å². The van der Waals surface area contributed by atoms with Gasteiger partial charge in [-0.3, -0.25) is 0 Å². The van der Waals surface area contributed by atoms with E-state index in [4.69, 9.17) is 4.74 Å². The topological polar surface area (TPSA) is 35.0 Å². The Balaban J connectivity index is 1.96. The summed E-state index contributed by atoms with van der Waals surface area (Å²) in [6, 6.07) is 0. The lowest BCUT2D eigenvalue weighted by atomic mass is 10.1. The van der Waals surface area contributed by atoms with Crippen LogP contribution in [0.4, 0.5) is 0 Å². The van der Waals surface area contributed by atoms with E-state index < -0.39 is 0 Å². The first-order chi connectivity index (χ1) is 10.2. The van der Waals surface area contributed by atoms with Crippen molar-refractivity contribution in [3.63, 3.8) is 0 Å². The Morgan fingerprint density at radius 2 is 1.57 bits per heavy atom. The molecule has 0 aliphatic carbocycles. The molecule has 0 aliphatic rings. The molecule has 2 rings (SSSR count). The summed E-state index contributed by atoms with van der Waals surface area (Å²) in [5.41, 5.74) is 2.85. The zero-order valence-electron chi connectivity index (χ0n) is 12.4. The van der Waals surface area contributed by atoms with Gasteiger partial charge in [0.25, 0.3) is 0 Å². The minimum Gasteiger partial charge on any atom is -0.492 e. The van der Waals surface area contributed by atoms with Crippen molar-refractivity contribution in [2.45, 2.75) is 52.4 Å². The summed E-state index contributed by atoms with van der Waals surface area (Å²) in [5.74, 6) is 0.885. The fourth-order valence-corrected chi connectivity index (χ4v) is 4.19. The van der Waals surface area contributed by atoms with E-state index in [-0.39, 0.29) is 0 Å². The van der Waals surface area contributed by atoms with Gasteiger partial charge in [-0.1, -0.05) is 39.0 Å². The van der Waals surface area contributed by atoms with Gasteiger partial charge < -0.3 is 4.74 Å². The Morgan fingerprint density at radius 3 is 2.29 bits per heavy atom. The molecule has 2 aromatic rings. The van der Waals surface area contributed by atoms with E-state index in [9.17, 15) is 0 Å². The predicted molar refractivity (Wildman–Crippen MR) is 96.4 cm³/mol. The van der Waals surface area contributed by atoms with E-state index >= 15 is 0 Å². The Bertz CT molecular complexity index is 601. The molecule has 116 valence electrons. The molecule has 0 fully saturated rings. The van der Waals surface area contributed by atoms with Gasteiger partial charge in [0, 0.05) is 5.56 Å². The second kappa shape index (κ2) is 8.44. The van der Waals surface area contributed by atoms with Gasteiger partial charge in [-0.15, -0.1) is 0 Å². The molecular weight excluding hydrogens is 416 g/mol. The van der Waals surface area contributed by atoms with Crippen LogP contribution < -0.4 is 4.74 Å². The zero-order valence-corrected chi connectivity index (χ0v) is 16.4. The number of hydrogen-bond donors (Lipinski definition) is 0. The van der Waals surface area contributed by atoms with Crippen LogP contribution in [0.2, 0.25) is 0 Å². The highest BCUT2D eigenvalue weighted by Gasteiger charge is 2.18. The maximum Gasteiger partial charge on any atom is 0.139 e. The quantitative estimate of drug-likeness (QED) is 0.458. The van der Waals surface area contributed by atoms with Crippen molar-refractivity contribution < 1.29 is 4.74 Å². The SMILES string of the molecule is CCCCCCCCOc1c(C)c(Br)c2nsnc2c1Br. The monoisotopic (exact) mass is 434 g/mol. The highest BCUT2D eigenvalue weighted by molar-refractivity contribution is 9.11. The highest BCUT2D eigenvalue weighted by atomic mass is 79.9. The molecule has 0 N–H and O–H groups in total. The smallest absolute Gasteiger partial charge is 0.139 e. The van der Waals surface area contributed by atoms with E-state index in [1.54, 1.807) is 0 Å². The van der Waals surface area contributed by atoms with Crippen molar-refractivity contribution in [1.82, 2.24) is 8.75 Å². The van der Waals surface area contributed by atoms with Crippen molar-refractivity contribution in [3.8, 4) is 5.75 Å². The third-order valence-corrected chi connectivity index (χ3v) is 5.75. The van der Waals surface area contributed by atoms with Crippen LogP contribution in [0.1, 0.15) is 51.0 Å². The van der Waals surface area contributed by atoms with Crippen molar-refractivity contribution in [3.05, 3.63) is 14.5 Å². The molecule has 6 heteroatoms. The zero-order chi connectivity index (χ0) is 15.2. The molecular formula is C15H20Br2N2OS. The normalized spacial score (nSPS) is 11.2. The van der Waals surface area contributed by atoms with E-state index in [0.29, 0.717) is 0 Å². The second-order valence-electron chi connectivity index (χ2n) is 5.16. The average Bonchev–Trinajstić information content (AvgIpc) is 2.97.